The van der Waals surface area contributed by atoms with Crippen LogP contribution in [0, 0.1) is 5.82 Å². The highest BCUT2D eigenvalue weighted by molar-refractivity contribution is 5.78. The van der Waals surface area contributed by atoms with E-state index in [4.69, 9.17) is 4.74 Å². The minimum atomic E-state index is -0.428. The van der Waals surface area contributed by atoms with Crippen LogP contribution in [0.1, 0.15) is 6.42 Å². The van der Waals surface area contributed by atoms with Crippen molar-refractivity contribution in [3.8, 4) is 11.3 Å². The number of hydrogen-bond acceptors (Lipinski definition) is 4. The molecular weight excluding hydrogens is 365 g/mol. The largest absolute Gasteiger partial charge is 0.385 e. The molecule has 0 N–H and O–H groups in total. The topological polar surface area (TPSA) is 75.5 Å². The van der Waals surface area contributed by atoms with E-state index in [9.17, 15) is 14.0 Å². The lowest BCUT2D eigenvalue weighted by Gasteiger charge is -2.09. The van der Waals surface area contributed by atoms with E-state index in [1.807, 2.05) is 4.57 Å². The Labute approximate surface area is 159 Å². The fraction of sp³-hybridized carbons (Fsp3) is 0.316. The smallest absolute Gasteiger partial charge is 0.332 e. The molecule has 9 heteroatoms. The number of halogens is 1. The van der Waals surface area contributed by atoms with Crippen LogP contribution in [0.5, 0.6) is 0 Å². The Hall–Kier alpha value is -3.20. The molecule has 4 rings (SSSR count). The summed E-state index contributed by atoms with van der Waals surface area (Å²) >= 11 is 0. The van der Waals surface area contributed by atoms with Crippen molar-refractivity contribution in [1.82, 2.24) is 23.1 Å². The molecule has 0 atom stereocenters. The first-order valence-corrected chi connectivity index (χ1v) is 8.86. The maximum absolute atomic E-state index is 13.4. The third kappa shape index (κ3) is 2.66. The average Bonchev–Trinajstić information content (AvgIpc) is 3.22. The van der Waals surface area contributed by atoms with Gasteiger partial charge in [-0.25, -0.2) is 9.18 Å². The third-order valence-corrected chi connectivity index (χ3v) is 4.93. The highest BCUT2D eigenvalue weighted by atomic mass is 19.1. The van der Waals surface area contributed by atoms with Crippen LogP contribution >= 0.6 is 0 Å². The summed E-state index contributed by atoms with van der Waals surface area (Å²) in [5.41, 5.74) is 1.42. The summed E-state index contributed by atoms with van der Waals surface area (Å²) in [7, 11) is 4.67. The maximum Gasteiger partial charge on any atom is 0.332 e. The summed E-state index contributed by atoms with van der Waals surface area (Å²) in [6.07, 6.45) is 2.53. The zero-order chi connectivity index (χ0) is 20.0. The molecule has 28 heavy (non-hydrogen) atoms. The Morgan fingerprint density at radius 3 is 2.50 bits per heavy atom. The van der Waals surface area contributed by atoms with Gasteiger partial charge in [-0.05, 0) is 36.2 Å². The number of benzene rings is 1. The predicted molar refractivity (Wildman–Crippen MR) is 103 cm³/mol. The summed E-state index contributed by atoms with van der Waals surface area (Å²) in [6, 6.07) is 6.16. The zero-order valence-corrected chi connectivity index (χ0v) is 15.8. The van der Waals surface area contributed by atoms with E-state index >= 15 is 0 Å². The molecule has 3 aromatic heterocycles. The molecular formula is C19H20FN5O3. The Morgan fingerprint density at radius 1 is 1.11 bits per heavy atom. The lowest BCUT2D eigenvalue weighted by molar-refractivity contribution is 0.191. The highest BCUT2D eigenvalue weighted by Gasteiger charge is 2.20. The number of hydrogen-bond donors (Lipinski definition) is 0. The Morgan fingerprint density at radius 2 is 1.82 bits per heavy atom. The van der Waals surface area contributed by atoms with E-state index in [-0.39, 0.29) is 5.82 Å². The lowest BCUT2D eigenvalue weighted by atomic mass is 10.1. The number of rotatable bonds is 5. The van der Waals surface area contributed by atoms with E-state index in [1.54, 1.807) is 36.9 Å². The summed E-state index contributed by atoms with van der Waals surface area (Å²) in [6.45, 7) is 1.16. The second kappa shape index (κ2) is 6.75. The zero-order valence-electron chi connectivity index (χ0n) is 15.8. The second-order valence-corrected chi connectivity index (χ2v) is 6.68. The number of aryl methyl sites for hydroxylation is 2. The van der Waals surface area contributed by atoms with E-state index < -0.39 is 11.2 Å². The van der Waals surface area contributed by atoms with Gasteiger partial charge in [-0.1, -0.05) is 0 Å². The molecule has 0 radical (unpaired) electrons. The number of fused-ring (bicyclic) bond motifs is 3. The molecule has 8 nitrogen and oxygen atoms in total. The van der Waals surface area contributed by atoms with Crippen molar-refractivity contribution >= 4 is 16.9 Å². The van der Waals surface area contributed by atoms with Gasteiger partial charge in [-0.2, -0.15) is 4.98 Å². The van der Waals surface area contributed by atoms with Crippen LogP contribution < -0.4 is 11.2 Å². The molecule has 3 heterocycles. The van der Waals surface area contributed by atoms with E-state index in [1.165, 1.54) is 23.7 Å². The van der Waals surface area contributed by atoms with Crippen LogP contribution in [-0.4, -0.2) is 36.8 Å². The van der Waals surface area contributed by atoms with Crippen molar-refractivity contribution in [3.05, 3.63) is 57.1 Å². The van der Waals surface area contributed by atoms with Gasteiger partial charge < -0.3 is 9.30 Å². The normalized spacial score (nSPS) is 11.7. The van der Waals surface area contributed by atoms with Gasteiger partial charge in [0.1, 0.15) is 5.82 Å². The maximum atomic E-state index is 13.4. The number of ether oxygens (including phenoxy) is 1. The van der Waals surface area contributed by atoms with Crippen molar-refractivity contribution in [2.45, 2.75) is 13.0 Å². The van der Waals surface area contributed by atoms with Crippen molar-refractivity contribution in [1.29, 1.82) is 0 Å². The minimum absolute atomic E-state index is 0.319. The van der Waals surface area contributed by atoms with Gasteiger partial charge in [-0.15, -0.1) is 0 Å². The number of methoxy groups -OCH3 is 1. The SMILES string of the molecule is COCCCn1c(-c2ccc(F)cc2)cn2c3c(=O)n(C)c(=O)n(C)c3nc12. The first kappa shape index (κ1) is 18.2. The monoisotopic (exact) mass is 385 g/mol. The van der Waals surface area contributed by atoms with Gasteiger partial charge in [0.05, 0.1) is 5.69 Å². The van der Waals surface area contributed by atoms with Crippen LogP contribution in [0.15, 0.2) is 40.1 Å². The fourth-order valence-corrected chi connectivity index (χ4v) is 3.45. The Balaban J connectivity index is 2.04. The molecule has 1 aromatic carbocycles. The molecule has 4 aromatic rings. The molecule has 0 aliphatic carbocycles. The Kier molecular flexibility index (Phi) is 4.38. The second-order valence-electron chi connectivity index (χ2n) is 6.68. The lowest BCUT2D eigenvalue weighted by Crippen LogP contribution is -2.37. The van der Waals surface area contributed by atoms with Crippen LogP contribution in [0.4, 0.5) is 4.39 Å². The molecule has 0 unspecified atom stereocenters. The van der Waals surface area contributed by atoms with Crippen LogP contribution in [0.25, 0.3) is 28.2 Å². The fourth-order valence-electron chi connectivity index (χ4n) is 3.45. The number of imidazole rings is 2. The highest BCUT2D eigenvalue weighted by Crippen LogP contribution is 2.26. The third-order valence-electron chi connectivity index (χ3n) is 4.93. The number of aromatic nitrogens is 5. The van der Waals surface area contributed by atoms with Gasteiger partial charge in [0.2, 0.25) is 5.78 Å². The molecule has 0 aliphatic rings. The van der Waals surface area contributed by atoms with E-state index in [0.29, 0.717) is 30.1 Å². The molecule has 0 saturated heterocycles. The van der Waals surface area contributed by atoms with Crippen molar-refractivity contribution < 1.29 is 9.13 Å². The van der Waals surface area contributed by atoms with Gasteiger partial charge >= 0.3 is 5.69 Å². The van der Waals surface area contributed by atoms with Crippen molar-refractivity contribution in [2.75, 3.05) is 13.7 Å². The Bertz CT molecular complexity index is 1290. The summed E-state index contributed by atoms with van der Waals surface area (Å²) < 4.78 is 24.6. The molecule has 0 saturated carbocycles. The van der Waals surface area contributed by atoms with E-state index in [2.05, 4.69) is 4.98 Å². The molecule has 0 spiro atoms. The van der Waals surface area contributed by atoms with Crippen molar-refractivity contribution in [2.24, 2.45) is 14.1 Å². The molecule has 146 valence electrons. The standard InChI is InChI=1S/C19H20FN5O3/c1-22-16-15(17(26)23(2)19(22)27)25-11-14(12-5-7-13(20)8-6-12)24(18(25)21-16)9-4-10-28-3/h5-8,11H,4,9-10H2,1-3H3. The van der Waals surface area contributed by atoms with Gasteiger partial charge in [0, 0.05) is 40.6 Å². The quantitative estimate of drug-likeness (QED) is 0.488. The molecule has 0 fully saturated rings. The van der Waals surface area contributed by atoms with Gasteiger partial charge in [0.25, 0.3) is 5.56 Å². The average molecular weight is 385 g/mol. The van der Waals surface area contributed by atoms with Crippen LogP contribution in [0.2, 0.25) is 0 Å². The molecule has 0 bridgehead atoms. The van der Waals surface area contributed by atoms with E-state index in [0.717, 1.165) is 22.2 Å². The number of nitrogens with zero attached hydrogens (tertiary/aromatic N) is 5. The molecule has 0 aliphatic heterocycles. The summed E-state index contributed by atoms with van der Waals surface area (Å²) in [5.74, 6) is 0.226. The van der Waals surface area contributed by atoms with Crippen molar-refractivity contribution in [3.63, 3.8) is 0 Å². The van der Waals surface area contributed by atoms with Crippen LogP contribution in [-0.2, 0) is 25.4 Å². The first-order valence-electron chi connectivity index (χ1n) is 8.86. The minimum Gasteiger partial charge on any atom is -0.385 e. The summed E-state index contributed by atoms with van der Waals surface area (Å²) in [4.78, 5) is 29.6. The predicted octanol–water partition coefficient (Wildman–Crippen LogP) is 1.53. The molecule has 0 amide bonds. The van der Waals surface area contributed by atoms with Gasteiger partial charge in [0.15, 0.2) is 11.2 Å². The first-order chi connectivity index (χ1) is 13.4. The van der Waals surface area contributed by atoms with Crippen LogP contribution in [0.3, 0.4) is 0 Å². The summed E-state index contributed by atoms with van der Waals surface area (Å²) in [5, 5.41) is 0. The van der Waals surface area contributed by atoms with Gasteiger partial charge in [-0.3, -0.25) is 18.3 Å².